The fraction of sp³-hybridized carbons (Fsp3) is 0.208. The van der Waals surface area contributed by atoms with E-state index in [1.807, 2.05) is 31.2 Å². The van der Waals surface area contributed by atoms with Gasteiger partial charge < -0.3 is 14.8 Å². The van der Waals surface area contributed by atoms with Crippen LogP contribution in [-0.2, 0) is 14.3 Å². The quantitative estimate of drug-likeness (QED) is 0.233. The molecule has 192 valence electrons. The van der Waals surface area contributed by atoms with E-state index >= 15 is 0 Å². The Balaban J connectivity index is 1.79. The summed E-state index contributed by atoms with van der Waals surface area (Å²) in [5.41, 5.74) is 0.504. The number of carbonyl (C=O) groups is 3. The number of anilines is 1. The Morgan fingerprint density at radius 2 is 1.54 bits per heavy atom. The summed E-state index contributed by atoms with van der Waals surface area (Å²) in [7, 11) is 0. The molecule has 1 aromatic heterocycles. The van der Waals surface area contributed by atoms with Crippen LogP contribution in [0.25, 0.3) is 11.1 Å². The number of nitrogens with one attached hydrogen (secondary N) is 1. The van der Waals surface area contributed by atoms with E-state index in [1.165, 1.54) is 6.92 Å². The van der Waals surface area contributed by atoms with Crippen LogP contribution in [0.3, 0.4) is 0 Å². The Kier molecular flexibility index (Phi) is 8.30. The van der Waals surface area contributed by atoms with Crippen LogP contribution in [0.15, 0.2) is 41.8 Å². The van der Waals surface area contributed by atoms with Gasteiger partial charge in [0.1, 0.15) is 16.1 Å². The van der Waals surface area contributed by atoms with Crippen LogP contribution in [-0.4, -0.2) is 40.9 Å². The number of amides is 1. The molecule has 0 fully saturated rings. The molecular weight excluding hydrogens is 506 g/mol. The lowest BCUT2D eigenvalue weighted by molar-refractivity contribution is -0.395. The van der Waals surface area contributed by atoms with Gasteiger partial charge in [0, 0.05) is 23.1 Å². The van der Waals surface area contributed by atoms with Crippen molar-refractivity contribution in [3.8, 4) is 11.1 Å². The molecule has 13 heteroatoms. The van der Waals surface area contributed by atoms with Crippen molar-refractivity contribution in [1.29, 1.82) is 0 Å². The summed E-state index contributed by atoms with van der Waals surface area (Å²) in [6.07, 6.45) is 0. The lowest BCUT2D eigenvalue weighted by Gasteiger charge is -2.10. The van der Waals surface area contributed by atoms with E-state index in [-0.39, 0.29) is 22.7 Å². The molecule has 1 amide bonds. The van der Waals surface area contributed by atoms with Crippen LogP contribution in [0.4, 0.5) is 16.4 Å². The summed E-state index contributed by atoms with van der Waals surface area (Å²) in [4.78, 5) is 58.3. The average molecular weight is 528 g/mol. The molecule has 3 aromatic rings. The molecule has 0 bridgehead atoms. The third kappa shape index (κ3) is 6.13. The lowest BCUT2D eigenvalue weighted by atomic mass is 10.0. The van der Waals surface area contributed by atoms with Crippen molar-refractivity contribution in [2.24, 2.45) is 0 Å². The third-order valence-corrected chi connectivity index (χ3v) is 6.10. The molecule has 1 heterocycles. The minimum Gasteiger partial charge on any atom is -0.462 e. The maximum absolute atomic E-state index is 12.7. The number of rotatable bonds is 9. The number of ether oxygens (including phenoxy) is 2. The molecule has 3 rings (SSSR count). The van der Waals surface area contributed by atoms with Gasteiger partial charge in [0.2, 0.25) is 0 Å². The van der Waals surface area contributed by atoms with Crippen LogP contribution in [0.2, 0.25) is 0 Å². The van der Waals surface area contributed by atoms with E-state index in [0.717, 1.165) is 34.6 Å². The highest BCUT2D eigenvalue weighted by Gasteiger charge is 2.27. The van der Waals surface area contributed by atoms with Crippen molar-refractivity contribution in [2.45, 2.75) is 20.8 Å². The predicted molar refractivity (Wildman–Crippen MR) is 134 cm³/mol. The Labute approximate surface area is 214 Å². The SMILES string of the molecule is CCOC(=O)c1c(-c2ccc(C)cc2)csc1NC(=O)COC(=O)c1cc([N+](=O)[O-])c(C)c([N+](=O)[O-])c1. The number of nitro benzene ring substituents is 2. The minimum atomic E-state index is -1.17. The van der Waals surface area contributed by atoms with Crippen LogP contribution >= 0.6 is 11.3 Å². The Bertz CT molecular complexity index is 1360. The molecule has 0 aliphatic heterocycles. The second-order valence-electron chi connectivity index (χ2n) is 7.72. The van der Waals surface area contributed by atoms with E-state index in [2.05, 4.69) is 5.32 Å². The summed E-state index contributed by atoms with van der Waals surface area (Å²) in [5, 5.41) is 26.8. The summed E-state index contributed by atoms with van der Waals surface area (Å²) in [6, 6.07) is 9.09. The van der Waals surface area contributed by atoms with Gasteiger partial charge in [0.15, 0.2) is 6.61 Å². The van der Waals surface area contributed by atoms with Crippen LogP contribution in [0.1, 0.15) is 38.8 Å². The van der Waals surface area contributed by atoms with Crippen molar-refractivity contribution in [1.82, 2.24) is 0 Å². The van der Waals surface area contributed by atoms with Gasteiger partial charge in [-0.2, -0.15) is 0 Å². The molecule has 0 aliphatic rings. The van der Waals surface area contributed by atoms with Crippen molar-refractivity contribution < 1.29 is 33.7 Å². The maximum atomic E-state index is 12.7. The highest BCUT2D eigenvalue weighted by molar-refractivity contribution is 7.15. The molecule has 0 saturated heterocycles. The second kappa shape index (κ2) is 11.4. The number of thiophene rings is 1. The van der Waals surface area contributed by atoms with Gasteiger partial charge in [-0.05, 0) is 26.3 Å². The molecule has 0 saturated carbocycles. The first-order valence-corrected chi connectivity index (χ1v) is 11.7. The van der Waals surface area contributed by atoms with Gasteiger partial charge in [-0.25, -0.2) is 9.59 Å². The number of nitro groups is 2. The zero-order valence-electron chi connectivity index (χ0n) is 19.9. The lowest BCUT2D eigenvalue weighted by Crippen LogP contribution is -2.22. The Hall–Kier alpha value is -4.65. The molecule has 12 nitrogen and oxygen atoms in total. The molecule has 0 atom stereocenters. The average Bonchev–Trinajstić information content (AvgIpc) is 3.26. The highest BCUT2D eigenvalue weighted by atomic mass is 32.1. The monoisotopic (exact) mass is 527 g/mol. The van der Waals surface area contributed by atoms with E-state index in [9.17, 15) is 34.6 Å². The third-order valence-electron chi connectivity index (χ3n) is 5.20. The topological polar surface area (TPSA) is 168 Å². The molecule has 1 N–H and O–H groups in total. The molecule has 0 spiro atoms. The number of nitrogens with zero attached hydrogens (tertiary/aromatic N) is 2. The van der Waals surface area contributed by atoms with Gasteiger partial charge in [-0.15, -0.1) is 11.3 Å². The summed E-state index contributed by atoms with van der Waals surface area (Å²) in [6.45, 7) is 4.05. The molecule has 37 heavy (non-hydrogen) atoms. The van der Waals surface area contributed by atoms with Crippen LogP contribution in [0.5, 0.6) is 0 Å². The number of hydrogen-bond donors (Lipinski definition) is 1. The second-order valence-corrected chi connectivity index (χ2v) is 8.60. The minimum absolute atomic E-state index is 0.113. The Morgan fingerprint density at radius 1 is 0.946 bits per heavy atom. The zero-order valence-corrected chi connectivity index (χ0v) is 20.7. The van der Waals surface area contributed by atoms with Crippen molar-refractivity contribution in [2.75, 3.05) is 18.5 Å². The number of benzene rings is 2. The maximum Gasteiger partial charge on any atom is 0.341 e. The number of esters is 2. The molecule has 2 aromatic carbocycles. The first-order chi connectivity index (χ1) is 17.5. The highest BCUT2D eigenvalue weighted by Crippen LogP contribution is 2.36. The van der Waals surface area contributed by atoms with Gasteiger partial charge in [0.25, 0.3) is 17.3 Å². The molecule has 0 radical (unpaired) electrons. The van der Waals surface area contributed by atoms with Crippen LogP contribution in [0, 0.1) is 34.1 Å². The summed E-state index contributed by atoms with van der Waals surface area (Å²) in [5.74, 6) is -2.61. The van der Waals surface area contributed by atoms with Gasteiger partial charge in [-0.1, -0.05) is 29.8 Å². The molecule has 0 aliphatic carbocycles. The van der Waals surface area contributed by atoms with E-state index in [0.29, 0.717) is 5.56 Å². The fourth-order valence-electron chi connectivity index (χ4n) is 3.36. The summed E-state index contributed by atoms with van der Waals surface area (Å²) < 4.78 is 10.1. The molecule has 0 unspecified atom stereocenters. The largest absolute Gasteiger partial charge is 0.462 e. The van der Waals surface area contributed by atoms with Gasteiger partial charge >= 0.3 is 11.9 Å². The fourth-order valence-corrected chi connectivity index (χ4v) is 4.33. The van der Waals surface area contributed by atoms with Crippen molar-refractivity contribution >= 4 is 45.6 Å². The number of hydrogen-bond acceptors (Lipinski definition) is 10. The van der Waals surface area contributed by atoms with Crippen LogP contribution < -0.4 is 5.32 Å². The van der Waals surface area contributed by atoms with Gasteiger partial charge in [0.05, 0.1) is 22.0 Å². The number of carbonyl (C=O) groups excluding carboxylic acids is 3. The Morgan fingerprint density at radius 3 is 2.08 bits per heavy atom. The standard InChI is InChI=1S/C24H21N3O9S/c1-4-35-24(30)21-17(15-7-5-13(2)6-8-15)12-37-22(21)25-20(28)11-36-23(29)16-9-18(26(31)32)14(3)19(10-16)27(33)34/h5-10,12H,4,11H2,1-3H3,(H,25,28). The van der Waals surface area contributed by atoms with Crippen molar-refractivity contribution in [3.63, 3.8) is 0 Å². The van der Waals surface area contributed by atoms with E-state index < -0.39 is 51.2 Å². The van der Waals surface area contributed by atoms with E-state index in [4.69, 9.17) is 9.47 Å². The predicted octanol–water partition coefficient (Wildman–Crippen LogP) is 4.82. The zero-order chi connectivity index (χ0) is 27.3. The van der Waals surface area contributed by atoms with Crippen molar-refractivity contribution in [3.05, 3.63) is 84.3 Å². The van der Waals surface area contributed by atoms with E-state index in [1.54, 1.807) is 12.3 Å². The summed E-state index contributed by atoms with van der Waals surface area (Å²) >= 11 is 1.08. The molecular formula is C24H21N3O9S. The van der Waals surface area contributed by atoms with Gasteiger partial charge in [-0.3, -0.25) is 25.0 Å². The number of aryl methyl sites for hydroxylation is 1. The first kappa shape index (κ1) is 26.9. The smallest absolute Gasteiger partial charge is 0.341 e. The first-order valence-electron chi connectivity index (χ1n) is 10.8. The normalized spacial score (nSPS) is 10.5.